The first-order valence-electron chi connectivity index (χ1n) is 11.3. The molecule has 1 N–H and O–H groups in total. The van der Waals surface area contributed by atoms with Gasteiger partial charge in [0.25, 0.3) is 0 Å². The SMILES string of the molecule is CCc1nc2sc3c(c2c2nnc(SCC(=O)Nc4cc(OC)ccc4OC)n12)CCC(C)C3. The lowest BCUT2D eigenvalue weighted by atomic mass is 9.89. The molecule has 4 aromatic rings. The van der Waals surface area contributed by atoms with Gasteiger partial charge in [-0.05, 0) is 42.9 Å². The third-order valence-corrected chi connectivity index (χ3v) is 8.25. The molecule has 1 aliphatic carbocycles. The van der Waals surface area contributed by atoms with Crippen LogP contribution in [0.2, 0.25) is 0 Å². The third kappa shape index (κ3) is 4.09. The number of aryl methyl sites for hydroxylation is 2. The molecule has 0 saturated carbocycles. The number of amides is 1. The van der Waals surface area contributed by atoms with Crippen LogP contribution in [-0.4, -0.2) is 45.5 Å². The highest BCUT2D eigenvalue weighted by atomic mass is 32.2. The van der Waals surface area contributed by atoms with Crippen molar-refractivity contribution in [3.05, 3.63) is 34.5 Å². The second kappa shape index (κ2) is 9.42. The smallest absolute Gasteiger partial charge is 0.234 e. The van der Waals surface area contributed by atoms with Gasteiger partial charge in [-0.15, -0.1) is 21.5 Å². The fourth-order valence-corrected chi connectivity index (χ4v) is 6.58. The Bertz CT molecular complexity index is 1380. The van der Waals surface area contributed by atoms with Crippen molar-refractivity contribution in [3.63, 3.8) is 0 Å². The molecule has 3 heterocycles. The summed E-state index contributed by atoms with van der Waals surface area (Å²) in [5.74, 6) is 2.85. The van der Waals surface area contributed by atoms with Gasteiger partial charge in [0.05, 0.1) is 31.0 Å². The molecule has 1 aliphatic rings. The molecule has 1 atom stereocenters. The first-order valence-corrected chi connectivity index (χ1v) is 13.2. The lowest BCUT2D eigenvalue weighted by molar-refractivity contribution is -0.113. The maximum Gasteiger partial charge on any atom is 0.234 e. The number of benzene rings is 1. The molecule has 1 amide bonds. The van der Waals surface area contributed by atoms with Crippen molar-refractivity contribution in [1.29, 1.82) is 0 Å². The summed E-state index contributed by atoms with van der Waals surface area (Å²) in [5.41, 5.74) is 2.80. The van der Waals surface area contributed by atoms with Crippen LogP contribution in [0.3, 0.4) is 0 Å². The van der Waals surface area contributed by atoms with Gasteiger partial charge < -0.3 is 14.8 Å². The number of thioether (sulfide) groups is 1. The molecule has 178 valence electrons. The van der Waals surface area contributed by atoms with Crippen LogP contribution < -0.4 is 14.8 Å². The molecule has 8 nitrogen and oxygen atoms in total. The van der Waals surface area contributed by atoms with Crippen molar-refractivity contribution in [2.75, 3.05) is 25.3 Å². The number of hydrogen-bond acceptors (Lipinski definition) is 8. The zero-order chi connectivity index (χ0) is 23.8. The summed E-state index contributed by atoms with van der Waals surface area (Å²) in [4.78, 5) is 20.2. The fraction of sp³-hybridized carbons (Fsp3) is 0.417. The number of rotatable bonds is 7. The van der Waals surface area contributed by atoms with Gasteiger partial charge in [-0.25, -0.2) is 4.98 Å². The van der Waals surface area contributed by atoms with Crippen molar-refractivity contribution in [3.8, 4) is 11.5 Å². The van der Waals surface area contributed by atoms with Gasteiger partial charge in [0.2, 0.25) is 5.91 Å². The van der Waals surface area contributed by atoms with Crippen molar-refractivity contribution in [1.82, 2.24) is 19.6 Å². The van der Waals surface area contributed by atoms with Crippen LogP contribution >= 0.6 is 23.1 Å². The molecule has 0 radical (unpaired) electrons. The lowest BCUT2D eigenvalue weighted by Gasteiger charge is -2.17. The number of ether oxygens (including phenoxy) is 2. The second-order valence-corrected chi connectivity index (χ2v) is 10.5. The summed E-state index contributed by atoms with van der Waals surface area (Å²) in [6, 6.07) is 5.29. The standard InChI is InChI=1S/C24H27N5O3S2/c1-5-19-26-23-21(15-8-6-13(2)10-18(15)34-23)22-27-28-24(29(19)22)33-12-20(30)25-16-11-14(31-3)7-9-17(16)32-4/h7,9,11,13H,5-6,8,10,12H2,1-4H3,(H,25,30). The van der Waals surface area contributed by atoms with E-state index >= 15 is 0 Å². The van der Waals surface area contributed by atoms with E-state index < -0.39 is 0 Å². The highest BCUT2D eigenvalue weighted by Gasteiger charge is 2.25. The Hall–Kier alpha value is -2.85. The molecule has 1 aromatic carbocycles. The minimum atomic E-state index is -0.165. The van der Waals surface area contributed by atoms with Crippen molar-refractivity contribution in [2.45, 2.75) is 44.7 Å². The van der Waals surface area contributed by atoms with Crippen LogP contribution in [0, 0.1) is 5.92 Å². The molecular weight excluding hydrogens is 470 g/mol. The number of hydrogen-bond donors (Lipinski definition) is 1. The van der Waals surface area contributed by atoms with Crippen LogP contribution in [-0.2, 0) is 24.1 Å². The molecule has 0 aliphatic heterocycles. The molecule has 0 saturated heterocycles. The Morgan fingerprint density at radius 2 is 2.15 bits per heavy atom. The molecule has 5 rings (SSSR count). The molecular formula is C24H27N5O3S2. The van der Waals surface area contributed by atoms with E-state index in [1.165, 1.54) is 28.6 Å². The average Bonchev–Trinajstić information content (AvgIpc) is 3.42. The van der Waals surface area contributed by atoms with Gasteiger partial charge in [-0.2, -0.15) is 0 Å². The number of nitrogens with zero attached hydrogens (tertiary/aromatic N) is 4. The van der Waals surface area contributed by atoms with Crippen LogP contribution in [0.15, 0.2) is 23.4 Å². The van der Waals surface area contributed by atoms with Crippen LogP contribution in [0.1, 0.15) is 36.5 Å². The number of fused-ring (bicyclic) bond motifs is 5. The Labute approximate surface area is 206 Å². The van der Waals surface area contributed by atoms with Gasteiger partial charge in [-0.3, -0.25) is 9.20 Å². The average molecular weight is 498 g/mol. The van der Waals surface area contributed by atoms with Gasteiger partial charge in [-0.1, -0.05) is 25.6 Å². The Balaban J connectivity index is 1.43. The van der Waals surface area contributed by atoms with E-state index in [0.717, 1.165) is 41.0 Å². The van der Waals surface area contributed by atoms with Crippen LogP contribution in [0.4, 0.5) is 5.69 Å². The first-order chi connectivity index (χ1) is 16.5. The highest BCUT2D eigenvalue weighted by molar-refractivity contribution is 7.99. The van der Waals surface area contributed by atoms with E-state index in [2.05, 4.69) is 29.4 Å². The quantitative estimate of drug-likeness (QED) is 0.368. The van der Waals surface area contributed by atoms with E-state index in [1.807, 2.05) is 4.40 Å². The Morgan fingerprint density at radius 3 is 2.91 bits per heavy atom. The summed E-state index contributed by atoms with van der Waals surface area (Å²) in [6.07, 6.45) is 4.10. The zero-order valence-electron chi connectivity index (χ0n) is 19.7. The number of methoxy groups -OCH3 is 2. The normalized spacial score (nSPS) is 15.5. The summed E-state index contributed by atoms with van der Waals surface area (Å²) in [5, 5.41) is 13.7. The number of anilines is 1. The van der Waals surface area contributed by atoms with Crippen LogP contribution in [0.5, 0.6) is 11.5 Å². The summed E-state index contributed by atoms with van der Waals surface area (Å²) in [7, 11) is 3.15. The Kier molecular flexibility index (Phi) is 6.35. The molecule has 34 heavy (non-hydrogen) atoms. The first kappa shape index (κ1) is 22.9. The van der Waals surface area contributed by atoms with Crippen molar-refractivity contribution < 1.29 is 14.3 Å². The van der Waals surface area contributed by atoms with Crippen molar-refractivity contribution >= 4 is 50.6 Å². The summed E-state index contributed by atoms with van der Waals surface area (Å²) < 4.78 is 12.6. The fourth-order valence-electron chi connectivity index (χ4n) is 4.44. The van der Waals surface area contributed by atoms with Gasteiger partial charge in [0, 0.05) is 17.4 Å². The topological polar surface area (TPSA) is 90.6 Å². The Morgan fingerprint density at radius 1 is 1.29 bits per heavy atom. The predicted molar refractivity (Wildman–Crippen MR) is 136 cm³/mol. The molecule has 0 fully saturated rings. The number of carbonyl (C=O) groups excluding carboxylic acids is 1. The molecule has 0 spiro atoms. The third-order valence-electron chi connectivity index (χ3n) is 6.17. The monoisotopic (exact) mass is 497 g/mol. The molecule has 10 heteroatoms. The highest BCUT2D eigenvalue weighted by Crippen LogP contribution is 2.39. The van der Waals surface area contributed by atoms with Gasteiger partial charge in [0.15, 0.2) is 10.8 Å². The maximum absolute atomic E-state index is 12.8. The summed E-state index contributed by atoms with van der Waals surface area (Å²) >= 11 is 3.15. The van der Waals surface area contributed by atoms with E-state index in [-0.39, 0.29) is 11.7 Å². The van der Waals surface area contributed by atoms with Crippen LogP contribution in [0.25, 0.3) is 15.9 Å². The van der Waals surface area contributed by atoms with E-state index in [4.69, 9.17) is 14.5 Å². The van der Waals surface area contributed by atoms with Gasteiger partial charge in [0.1, 0.15) is 22.2 Å². The number of nitrogens with one attached hydrogen (secondary N) is 1. The lowest BCUT2D eigenvalue weighted by Crippen LogP contribution is -2.15. The molecule has 1 unspecified atom stereocenters. The minimum absolute atomic E-state index is 0.165. The predicted octanol–water partition coefficient (Wildman–Crippen LogP) is 4.77. The molecule has 3 aromatic heterocycles. The second-order valence-electron chi connectivity index (χ2n) is 8.46. The molecule has 0 bridgehead atoms. The zero-order valence-corrected chi connectivity index (χ0v) is 21.3. The number of aromatic nitrogens is 4. The summed E-state index contributed by atoms with van der Waals surface area (Å²) in [6.45, 7) is 4.39. The number of thiophene rings is 1. The van der Waals surface area contributed by atoms with E-state index in [9.17, 15) is 4.79 Å². The maximum atomic E-state index is 12.8. The van der Waals surface area contributed by atoms with Gasteiger partial charge >= 0.3 is 0 Å². The number of carbonyl (C=O) groups is 1. The van der Waals surface area contributed by atoms with E-state index in [0.29, 0.717) is 28.3 Å². The van der Waals surface area contributed by atoms with E-state index in [1.54, 1.807) is 43.8 Å². The minimum Gasteiger partial charge on any atom is -0.497 e. The van der Waals surface area contributed by atoms with Crippen molar-refractivity contribution in [2.24, 2.45) is 5.92 Å². The largest absolute Gasteiger partial charge is 0.497 e.